The Hall–Kier alpha value is -2.65. The van der Waals surface area contributed by atoms with Crippen LogP contribution in [0.2, 0.25) is 0 Å². The second-order valence-electron chi connectivity index (χ2n) is 15.5. The van der Waals surface area contributed by atoms with E-state index in [1.165, 1.54) is 4.90 Å². The van der Waals surface area contributed by atoms with Crippen molar-refractivity contribution in [3.63, 3.8) is 0 Å². The van der Waals surface area contributed by atoms with Crippen molar-refractivity contribution in [1.82, 2.24) is 24.1 Å². The Morgan fingerprint density at radius 3 is 1.80 bits per heavy atom. The van der Waals surface area contributed by atoms with E-state index in [0.717, 1.165) is 42.8 Å². The largest absolute Gasteiger partial charge is 0.444 e. The number of rotatable bonds is 11. The van der Waals surface area contributed by atoms with E-state index in [4.69, 9.17) is 15.2 Å². The molecule has 0 aromatic rings. The predicted molar refractivity (Wildman–Crippen MR) is 189 cm³/mol. The molecule has 49 heavy (non-hydrogen) atoms. The highest BCUT2D eigenvalue weighted by Crippen LogP contribution is 2.36. The Morgan fingerprint density at radius 2 is 1.31 bits per heavy atom. The molecule has 14 nitrogen and oxygen atoms in total. The number of nitrogens with zero attached hydrogens (tertiary/aromatic N) is 3. The molecule has 0 aromatic carbocycles. The van der Waals surface area contributed by atoms with Gasteiger partial charge in [0.05, 0.1) is 6.04 Å². The lowest BCUT2D eigenvalue weighted by molar-refractivity contribution is -0.135. The first-order valence-corrected chi connectivity index (χ1v) is 19.3. The minimum Gasteiger partial charge on any atom is -0.444 e. The van der Waals surface area contributed by atoms with Gasteiger partial charge in [0.2, 0.25) is 11.8 Å². The summed E-state index contributed by atoms with van der Waals surface area (Å²) in [5.74, 6) is -0.174. The Balaban J connectivity index is 0.000000343. The lowest BCUT2D eigenvalue weighted by atomic mass is 9.82. The van der Waals surface area contributed by atoms with Gasteiger partial charge in [0.25, 0.3) is 0 Å². The molecule has 0 bridgehead atoms. The van der Waals surface area contributed by atoms with Gasteiger partial charge in [-0.25, -0.2) is 9.59 Å². The molecule has 1 aliphatic heterocycles. The molecular weight excluding hydrogens is 652 g/mol. The fraction of sp³-hybridized carbons (Fsp3) is 0.882. The number of nitrogens with one attached hydrogen (secondary N) is 2. The van der Waals surface area contributed by atoms with E-state index in [1.54, 1.807) is 46.9 Å². The average molecular weight is 717 g/mol. The third kappa shape index (κ3) is 12.6. The molecule has 0 unspecified atom stereocenters. The van der Waals surface area contributed by atoms with E-state index in [0.29, 0.717) is 38.5 Å². The number of amides is 4. The summed E-state index contributed by atoms with van der Waals surface area (Å²) in [6, 6.07) is -1.30. The van der Waals surface area contributed by atoms with E-state index in [2.05, 4.69) is 17.0 Å². The van der Waals surface area contributed by atoms with Crippen LogP contribution in [0.4, 0.5) is 9.59 Å². The molecule has 4 amide bonds. The molecule has 0 aromatic heterocycles. The zero-order chi connectivity index (χ0) is 37.3. The quantitative estimate of drug-likeness (QED) is 0.283. The van der Waals surface area contributed by atoms with Crippen LogP contribution in [-0.2, 0) is 29.3 Å². The number of carbonyl (C=O) groups excluding carboxylic acids is 4. The molecule has 284 valence electrons. The monoisotopic (exact) mass is 716 g/mol. The second-order valence-corrected chi connectivity index (χ2v) is 17.1. The smallest absolute Gasteiger partial charge is 0.425 e. The van der Waals surface area contributed by atoms with E-state index in [1.807, 2.05) is 20.8 Å². The molecule has 3 aliphatic rings. The van der Waals surface area contributed by atoms with E-state index < -0.39 is 45.7 Å². The lowest BCUT2D eigenvalue weighted by Crippen LogP contribution is -2.53. The number of unbranched alkanes of at least 4 members (excludes halogenated alkanes) is 2. The molecule has 15 heteroatoms. The van der Waals surface area contributed by atoms with Crippen LogP contribution >= 0.6 is 0 Å². The van der Waals surface area contributed by atoms with Crippen molar-refractivity contribution in [2.24, 2.45) is 17.6 Å². The number of ether oxygens (including phenoxy) is 2. The van der Waals surface area contributed by atoms with Gasteiger partial charge < -0.3 is 30.3 Å². The van der Waals surface area contributed by atoms with E-state index in [9.17, 15) is 27.6 Å². The zero-order valence-corrected chi connectivity index (χ0v) is 32.4. The number of carbonyl (C=O) groups is 4. The van der Waals surface area contributed by atoms with Crippen molar-refractivity contribution in [3.8, 4) is 0 Å². The number of hydrogen-bond acceptors (Lipinski definition) is 9. The van der Waals surface area contributed by atoms with Gasteiger partial charge in [-0.15, -0.1) is 0 Å². The molecule has 3 rings (SSSR count). The van der Waals surface area contributed by atoms with Gasteiger partial charge in [-0.1, -0.05) is 26.7 Å². The molecular formula is C34H64N6O8S. The fourth-order valence-electron chi connectivity index (χ4n) is 6.81. The van der Waals surface area contributed by atoms with Crippen molar-refractivity contribution in [3.05, 3.63) is 0 Å². The van der Waals surface area contributed by atoms with Crippen LogP contribution in [0, 0.1) is 11.8 Å². The minimum absolute atomic E-state index is 0.00984. The van der Waals surface area contributed by atoms with Gasteiger partial charge in [-0.2, -0.15) is 17.4 Å². The molecule has 2 saturated carbocycles. The first-order valence-electron chi connectivity index (χ1n) is 17.9. The average Bonchev–Trinajstić information content (AvgIpc) is 3.27. The summed E-state index contributed by atoms with van der Waals surface area (Å²) in [6.07, 6.45) is 7.67. The van der Waals surface area contributed by atoms with Gasteiger partial charge in [-0.05, 0) is 91.9 Å². The molecule has 3 fully saturated rings. The lowest BCUT2D eigenvalue weighted by Gasteiger charge is -2.35. The predicted octanol–water partition coefficient (Wildman–Crippen LogP) is 4.13. The Bertz CT molecular complexity index is 1240. The Labute approximate surface area is 294 Å². The molecule has 0 spiro atoms. The molecule has 0 radical (unpaired) electrons. The number of fused-ring (bicyclic) bond motifs is 1. The number of nitrogens with two attached hydrogens (primary N) is 1. The van der Waals surface area contributed by atoms with Crippen molar-refractivity contribution < 1.29 is 37.1 Å². The third-order valence-corrected chi connectivity index (χ3v) is 11.2. The normalized spacial score (nSPS) is 26.4. The first kappa shape index (κ1) is 42.5. The summed E-state index contributed by atoms with van der Waals surface area (Å²) in [5.41, 5.74) is 4.97. The summed E-state index contributed by atoms with van der Waals surface area (Å²) < 4.78 is 39.4. The summed E-state index contributed by atoms with van der Waals surface area (Å²) in [6.45, 7) is 11.6. The van der Waals surface area contributed by atoms with Crippen LogP contribution in [0.15, 0.2) is 0 Å². The first-order chi connectivity index (χ1) is 22.6. The maximum Gasteiger partial charge on any atom is 0.425 e. The van der Waals surface area contributed by atoms with Crippen molar-refractivity contribution in [2.45, 2.75) is 154 Å². The van der Waals surface area contributed by atoms with Crippen LogP contribution in [0.25, 0.3) is 0 Å². The summed E-state index contributed by atoms with van der Waals surface area (Å²) >= 11 is 0. The van der Waals surface area contributed by atoms with Gasteiger partial charge in [-0.3, -0.25) is 9.59 Å². The standard InChI is InChI=1S/C17H31N3O5S.C17H33N3O3/c1-6-7-10-17(2,3)25-16(22)20-14-9-8-12(15(21)19(4)5)11-13(14)18-26(20,23)24;1-6-7-10-17(2,3)23-16(22)19-14-9-8-12(11-13(14)18)15(21)20(4)5/h12-14,18H,6-11H2,1-5H3;12-14H,6-11,18H2,1-5H3,(H,19,22)/t2*12-,13+,14-/m00/s1. The van der Waals surface area contributed by atoms with E-state index >= 15 is 0 Å². The van der Waals surface area contributed by atoms with Gasteiger partial charge in [0, 0.05) is 58.2 Å². The summed E-state index contributed by atoms with van der Waals surface area (Å²) in [4.78, 5) is 52.1. The van der Waals surface area contributed by atoms with Gasteiger partial charge >= 0.3 is 22.4 Å². The highest BCUT2D eigenvalue weighted by Gasteiger charge is 2.52. The van der Waals surface area contributed by atoms with Gasteiger partial charge in [0.15, 0.2) is 0 Å². The van der Waals surface area contributed by atoms with Crippen molar-refractivity contribution in [2.75, 3.05) is 28.2 Å². The van der Waals surface area contributed by atoms with Crippen LogP contribution < -0.4 is 15.8 Å². The highest BCUT2D eigenvalue weighted by atomic mass is 32.2. The van der Waals surface area contributed by atoms with E-state index in [-0.39, 0.29) is 35.7 Å². The Kier molecular flexibility index (Phi) is 15.6. The van der Waals surface area contributed by atoms with Crippen LogP contribution in [-0.4, -0.2) is 110 Å². The molecule has 4 N–H and O–H groups in total. The van der Waals surface area contributed by atoms with Crippen LogP contribution in [0.3, 0.4) is 0 Å². The van der Waals surface area contributed by atoms with Crippen LogP contribution in [0.5, 0.6) is 0 Å². The third-order valence-electron chi connectivity index (χ3n) is 9.63. The maximum atomic E-state index is 12.6. The van der Waals surface area contributed by atoms with Crippen LogP contribution in [0.1, 0.15) is 119 Å². The number of hydrogen-bond donors (Lipinski definition) is 3. The highest BCUT2D eigenvalue weighted by molar-refractivity contribution is 7.88. The topological polar surface area (TPSA) is 181 Å². The van der Waals surface area contributed by atoms with Gasteiger partial charge in [0.1, 0.15) is 11.2 Å². The maximum absolute atomic E-state index is 12.6. The molecule has 6 atom stereocenters. The summed E-state index contributed by atoms with van der Waals surface area (Å²) in [5, 5.41) is 2.88. The molecule has 1 saturated heterocycles. The molecule has 2 aliphatic carbocycles. The minimum atomic E-state index is -3.95. The van der Waals surface area contributed by atoms with Crippen molar-refractivity contribution in [1.29, 1.82) is 0 Å². The summed E-state index contributed by atoms with van der Waals surface area (Å²) in [7, 11) is 2.95. The van der Waals surface area contributed by atoms with Crippen molar-refractivity contribution >= 4 is 34.2 Å². The Morgan fingerprint density at radius 1 is 0.816 bits per heavy atom. The fourth-order valence-corrected chi connectivity index (χ4v) is 8.40. The second kappa shape index (κ2) is 18.0. The SMILES string of the molecule is CCCCC(C)(C)OC(=O)N1[C@H]2CC[C@H](C(=O)N(C)C)C[C@H]2NS1(=O)=O.CCCCC(C)(C)OC(=O)N[C@H]1CC[C@H](C(=O)N(C)C)C[C@H]1N. The number of alkyl carbamates (subject to hydrolysis) is 1. The molecule has 1 heterocycles. The zero-order valence-electron chi connectivity index (χ0n) is 31.5.